The normalized spacial score (nSPS) is 22.8. The number of halogens is 2. The molecule has 0 spiro atoms. The molecule has 1 heterocycles. The van der Waals surface area contributed by atoms with Crippen molar-refractivity contribution in [1.82, 2.24) is 10.3 Å². The molecule has 0 saturated carbocycles. The maximum Gasteiger partial charge on any atom is 0.273 e. The van der Waals surface area contributed by atoms with Gasteiger partial charge >= 0.3 is 0 Å². The number of allylic oxidation sites excluding steroid dienone is 1. The highest BCUT2D eigenvalue weighted by Gasteiger charge is 2.49. The second-order valence-electron chi connectivity index (χ2n) is 8.85. The summed E-state index contributed by atoms with van der Waals surface area (Å²) in [5.41, 5.74) is 0.917. The van der Waals surface area contributed by atoms with E-state index in [2.05, 4.69) is 22.6 Å². The van der Waals surface area contributed by atoms with Gasteiger partial charge in [0.2, 0.25) is 0 Å². The quantitative estimate of drug-likeness (QED) is 0.362. The SMILES string of the molecule is CO[C@@H](C)C(=O)N1N=C(c2cc(F)ccc2F)SC1(CCCNC1CC=CCC1)c1ccccc1. The number of hydrogen-bond acceptors (Lipinski definition) is 5. The summed E-state index contributed by atoms with van der Waals surface area (Å²) in [6.07, 6.45) is 8.21. The molecule has 1 aliphatic carbocycles. The molecule has 5 nitrogen and oxygen atoms in total. The highest BCUT2D eigenvalue weighted by molar-refractivity contribution is 8.15. The molecular formula is C27H31F2N3O2S. The van der Waals surface area contributed by atoms with Gasteiger partial charge in [0, 0.05) is 18.7 Å². The number of rotatable bonds is 9. The Hall–Kier alpha value is -2.55. The summed E-state index contributed by atoms with van der Waals surface area (Å²) in [6, 6.07) is 13.4. The number of benzene rings is 2. The van der Waals surface area contributed by atoms with Crippen molar-refractivity contribution in [3.05, 3.63) is 83.4 Å². The van der Waals surface area contributed by atoms with Gasteiger partial charge < -0.3 is 10.1 Å². The number of hydrazone groups is 1. The second-order valence-corrected chi connectivity index (χ2v) is 10.1. The number of nitrogens with zero attached hydrogens (tertiary/aromatic N) is 2. The Morgan fingerprint density at radius 3 is 2.77 bits per heavy atom. The minimum atomic E-state index is -0.909. The largest absolute Gasteiger partial charge is 0.372 e. The molecule has 8 heteroatoms. The van der Waals surface area contributed by atoms with E-state index in [1.54, 1.807) is 6.92 Å². The van der Waals surface area contributed by atoms with Crippen molar-refractivity contribution in [1.29, 1.82) is 0 Å². The van der Waals surface area contributed by atoms with Gasteiger partial charge in [0.15, 0.2) is 0 Å². The standard InChI is InChI=1S/C27H31F2N3O2S/c1-19(34-2)26(33)32-27(20-10-5-3-6-11-20,16-9-17-30-22-12-7-4-8-13-22)35-25(31-32)23-18-21(28)14-15-24(23)29/h3-7,10-11,14-15,18-19,22,30H,8-9,12-13,16-17H2,1-2H3/t19-,22?,27?/m0/s1. The first-order valence-corrected chi connectivity index (χ1v) is 12.8. The van der Waals surface area contributed by atoms with Gasteiger partial charge in [0.1, 0.15) is 27.7 Å². The van der Waals surface area contributed by atoms with Gasteiger partial charge in [-0.2, -0.15) is 5.10 Å². The van der Waals surface area contributed by atoms with Gasteiger partial charge in [-0.3, -0.25) is 4.79 Å². The molecule has 1 aliphatic heterocycles. The maximum atomic E-state index is 14.7. The van der Waals surface area contributed by atoms with Crippen LogP contribution in [0.1, 0.15) is 50.2 Å². The van der Waals surface area contributed by atoms with Crippen LogP contribution in [-0.4, -0.2) is 41.8 Å². The van der Waals surface area contributed by atoms with E-state index in [0.717, 1.165) is 56.0 Å². The first kappa shape index (κ1) is 25.5. The van der Waals surface area contributed by atoms with Gasteiger partial charge in [-0.25, -0.2) is 13.8 Å². The fourth-order valence-electron chi connectivity index (χ4n) is 4.46. The molecule has 1 N–H and O–H groups in total. The number of carbonyl (C=O) groups is 1. The first-order valence-electron chi connectivity index (χ1n) is 12.0. The van der Waals surface area contributed by atoms with Gasteiger partial charge in [0.05, 0.1) is 0 Å². The molecule has 1 amide bonds. The van der Waals surface area contributed by atoms with Crippen molar-refractivity contribution in [3.63, 3.8) is 0 Å². The molecule has 0 radical (unpaired) electrons. The summed E-state index contributed by atoms with van der Waals surface area (Å²) in [5, 5.41) is 9.88. The first-order chi connectivity index (χ1) is 16.9. The van der Waals surface area contributed by atoms with Crippen molar-refractivity contribution in [2.75, 3.05) is 13.7 Å². The number of nitrogens with one attached hydrogen (secondary N) is 1. The fraction of sp³-hybridized carbons (Fsp3) is 0.407. The van der Waals surface area contributed by atoms with Crippen LogP contribution >= 0.6 is 11.8 Å². The third-order valence-corrected chi connectivity index (χ3v) is 7.93. The molecule has 0 fully saturated rings. The van der Waals surface area contributed by atoms with Gasteiger partial charge in [-0.15, -0.1) is 0 Å². The Balaban J connectivity index is 1.67. The van der Waals surface area contributed by atoms with Gasteiger partial charge in [0.25, 0.3) is 5.91 Å². The third kappa shape index (κ3) is 5.66. The zero-order chi connectivity index (χ0) is 24.8. The molecule has 2 aliphatic rings. The van der Waals surface area contributed by atoms with Crippen molar-refractivity contribution < 1.29 is 18.3 Å². The van der Waals surface area contributed by atoms with Crippen LogP contribution in [0.15, 0.2) is 65.8 Å². The van der Waals surface area contributed by atoms with Crippen LogP contribution in [0.2, 0.25) is 0 Å². The number of hydrogen-bond donors (Lipinski definition) is 1. The minimum Gasteiger partial charge on any atom is -0.372 e. The van der Waals surface area contributed by atoms with E-state index in [4.69, 9.17) is 4.74 Å². The van der Waals surface area contributed by atoms with E-state index in [-0.39, 0.29) is 16.5 Å². The van der Waals surface area contributed by atoms with E-state index in [0.29, 0.717) is 12.5 Å². The summed E-state index contributed by atoms with van der Waals surface area (Å²) in [4.78, 5) is 12.6. The summed E-state index contributed by atoms with van der Waals surface area (Å²) >= 11 is 1.29. The lowest BCUT2D eigenvalue weighted by molar-refractivity contribution is -0.144. The van der Waals surface area contributed by atoms with Crippen LogP contribution in [0.4, 0.5) is 8.78 Å². The van der Waals surface area contributed by atoms with Crippen LogP contribution in [-0.2, 0) is 14.4 Å². The highest BCUT2D eigenvalue weighted by atomic mass is 32.2. The molecule has 2 unspecified atom stereocenters. The lowest BCUT2D eigenvalue weighted by atomic mass is 9.98. The molecule has 35 heavy (non-hydrogen) atoms. The molecule has 186 valence electrons. The summed E-state index contributed by atoms with van der Waals surface area (Å²) in [7, 11) is 1.47. The minimum absolute atomic E-state index is 0.0443. The Morgan fingerprint density at radius 1 is 1.26 bits per heavy atom. The highest BCUT2D eigenvalue weighted by Crippen LogP contribution is 2.50. The van der Waals surface area contributed by atoms with E-state index in [1.807, 2.05) is 30.3 Å². The Bertz CT molecular complexity index is 1100. The second kappa shape index (κ2) is 11.5. The smallest absolute Gasteiger partial charge is 0.273 e. The zero-order valence-corrected chi connectivity index (χ0v) is 20.9. The number of thioether (sulfide) groups is 1. The lowest BCUT2D eigenvalue weighted by Gasteiger charge is -2.37. The number of methoxy groups -OCH3 is 1. The van der Waals surface area contributed by atoms with Crippen LogP contribution in [0.3, 0.4) is 0 Å². The monoisotopic (exact) mass is 499 g/mol. The van der Waals surface area contributed by atoms with E-state index in [9.17, 15) is 13.6 Å². The average Bonchev–Trinajstić information content (AvgIpc) is 3.28. The number of carbonyl (C=O) groups excluding carboxylic acids is 1. The van der Waals surface area contributed by atoms with E-state index in [1.165, 1.54) is 23.9 Å². The molecule has 2 aromatic carbocycles. The van der Waals surface area contributed by atoms with E-state index >= 15 is 0 Å². The molecule has 0 aromatic heterocycles. The molecule has 3 atom stereocenters. The van der Waals surface area contributed by atoms with Crippen LogP contribution in [0.5, 0.6) is 0 Å². The zero-order valence-electron chi connectivity index (χ0n) is 20.0. The fourth-order valence-corrected chi connectivity index (χ4v) is 5.89. The molecule has 0 saturated heterocycles. The van der Waals surface area contributed by atoms with Crippen LogP contribution in [0.25, 0.3) is 0 Å². The van der Waals surface area contributed by atoms with Gasteiger partial charge in [-0.05, 0) is 69.3 Å². The van der Waals surface area contributed by atoms with Crippen molar-refractivity contribution in [2.24, 2.45) is 5.10 Å². The predicted octanol–water partition coefficient (Wildman–Crippen LogP) is 5.57. The van der Waals surface area contributed by atoms with Crippen molar-refractivity contribution in [2.45, 2.75) is 56.0 Å². The Morgan fingerprint density at radius 2 is 2.06 bits per heavy atom. The lowest BCUT2D eigenvalue weighted by Crippen LogP contribution is -2.46. The van der Waals surface area contributed by atoms with Crippen molar-refractivity contribution >= 4 is 22.7 Å². The number of ether oxygens (including phenoxy) is 1. The molecular weight excluding hydrogens is 468 g/mol. The van der Waals surface area contributed by atoms with Crippen LogP contribution in [0, 0.1) is 11.6 Å². The summed E-state index contributed by atoms with van der Waals surface area (Å²) in [5.74, 6) is -1.47. The van der Waals surface area contributed by atoms with Crippen LogP contribution < -0.4 is 5.32 Å². The Kier molecular flexibility index (Phi) is 8.36. The summed E-state index contributed by atoms with van der Waals surface area (Å²) < 4.78 is 34.1. The summed E-state index contributed by atoms with van der Waals surface area (Å²) in [6.45, 7) is 2.44. The predicted molar refractivity (Wildman–Crippen MR) is 136 cm³/mol. The maximum absolute atomic E-state index is 14.7. The number of amides is 1. The topological polar surface area (TPSA) is 53.9 Å². The molecule has 2 aromatic rings. The molecule has 4 rings (SSSR count). The van der Waals surface area contributed by atoms with E-state index < -0.39 is 22.6 Å². The van der Waals surface area contributed by atoms with Gasteiger partial charge in [-0.1, -0.05) is 54.2 Å². The average molecular weight is 500 g/mol. The molecule has 0 bridgehead atoms. The third-order valence-electron chi connectivity index (χ3n) is 6.49. The Labute approximate surface area is 209 Å². The van der Waals surface area contributed by atoms with Crippen molar-refractivity contribution in [3.8, 4) is 0 Å².